The zero-order valence-electron chi connectivity index (χ0n) is 11.5. The van der Waals surface area contributed by atoms with E-state index in [4.69, 9.17) is 5.73 Å². The van der Waals surface area contributed by atoms with Crippen molar-refractivity contribution >= 4 is 17.5 Å². The Morgan fingerprint density at radius 3 is 2.80 bits per heavy atom. The van der Waals surface area contributed by atoms with E-state index in [1.165, 1.54) is 6.07 Å². The summed E-state index contributed by atoms with van der Waals surface area (Å²) in [5.74, 6) is -1.17. The van der Waals surface area contributed by atoms with Crippen LogP contribution in [0.5, 0.6) is 0 Å². The number of piperazine rings is 1. The van der Waals surface area contributed by atoms with E-state index in [2.05, 4.69) is 5.32 Å². The lowest BCUT2D eigenvalue weighted by Gasteiger charge is -2.36. The Balaban J connectivity index is 2.50. The van der Waals surface area contributed by atoms with Gasteiger partial charge in [0.05, 0.1) is 6.54 Å². The standard InChI is InChI=1S/C14H18FN3O2/c1-3-10-14(20)17-12(19)7-18(10)11-6-4-5-9(15)13(11)8(2)16/h4-6,8,10H,3,7,16H2,1-2H3,(H,17,19,20)/t8-,10?/m0/s1. The van der Waals surface area contributed by atoms with Gasteiger partial charge in [0.1, 0.15) is 11.9 Å². The Kier molecular flexibility index (Phi) is 4.04. The van der Waals surface area contributed by atoms with Crippen molar-refractivity contribution in [1.29, 1.82) is 0 Å². The number of imide groups is 1. The number of halogens is 1. The van der Waals surface area contributed by atoms with Crippen LogP contribution < -0.4 is 16.0 Å². The molecule has 5 nitrogen and oxygen atoms in total. The zero-order valence-corrected chi connectivity index (χ0v) is 11.5. The third-order valence-electron chi connectivity index (χ3n) is 3.44. The Morgan fingerprint density at radius 1 is 1.50 bits per heavy atom. The van der Waals surface area contributed by atoms with E-state index in [9.17, 15) is 14.0 Å². The SMILES string of the molecule is CCC1C(=O)NC(=O)CN1c1cccc(F)c1[C@H](C)N. The Morgan fingerprint density at radius 2 is 2.20 bits per heavy atom. The summed E-state index contributed by atoms with van der Waals surface area (Å²) in [4.78, 5) is 25.1. The number of nitrogens with two attached hydrogens (primary N) is 1. The second kappa shape index (κ2) is 5.58. The molecule has 0 bridgehead atoms. The highest BCUT2D eigenvalue weighted by Gasteiger charge is 2.34. The Bertz CT molecular complexity index is 545. The van der Waals surface area contributed by atoms with Crippen LogP contribution in [0.3, 0.4) is 0 Å². The predicted molar refractivity (Wildman–Crippen MR) is 73.6 cm³/mol. The number of hydrogen-bond acceptors (Lipinski definition) is 4. The number of amides is 2. The molecule has 0 saturated carbocycles. The van der Waals surface area contributed by atoms with E-state index in [-0.39, 0.29) is 18.4 Å². The van der Waals surface area contributed by atoms with E-state index in [1.54, 1.807) is 24.0 Å². The number of nitrogens with zero attached hydrogens (tertiary/aromatic N) is 1. The summed E-state index contributed by atoms with van der Waals surface area (Å²) in [6.45, 7) is 3.54. The quantitative estimate of drug-likeness (QED) is 0.812. The molecule has 1 aromatic carbocycles. The van der Waals surface area contributed by atoms with Crippen molar-refractivity contribution < 1.29 is 14.0 Å². The molecule has 1 aliphatic rings. The number of rotatable bonds is 3. The summed E-state index contributed by atoms with van der Waals surface area (Å²) in [6, 6.07) is 3.56. The Labute approximate surface area is 116 Å². The molecule has 1 aliphatic heterocycles. The van der Waals surface area contributed by atoms with Gasteiger partial charge in [0.2, 0.25) is 11.8 Å². The highest BCUT2D eigenvalue weighted by atomic mass is 19.1. The highest BCUT2D eigenvalue weighted by Crippen LogP contribution is 2.30. The minimum Gasteiger partial charge on any atom is -0.350 e. The Hall–Kier alpha value is -1.95. The van der Waals surface area contributed by atoms with Crippen LogP contribution in [0.2, 0.25) is 0 Å². The summed E-state index contributed by atoms with van der Waals surface area (Å²) < 4.78 is 14.0. The molecular formula is C14H18FN3O2. The molecule has 1 unspecified atom stereocenters. The first-order valence-electron chi connectivity index (χ1n) is 6.60. The maximum Gasteiger partial charge on any atom is 0.249 e. The number of benzene rings is 1. The van der Waals surface area contributed by atoms with Crippen LogP contribution in [-0.2, 0) is 9.59 Å². The molecule has 6 heteroatoms. The highest BCUT2D eigenvalue weighted by molar-refractivity contribution is 6.04. The van der Waals surface area contributed by atoms with E-state index >= 15 is 0 Å². The molecule has 2 rings (SSSR count). The zero-order chi connectivity index (χ0) is 14.9. The van der Waals surface area contributed by atoms with Crippen LogP contribution in [0, 0.1) is 5.82 Å². The van der Waals surface area contributed by atoms with Crippen molar-refractivity contribution in [3.63, 3.8) is 0 Å². The molecular weight excluding hydrogens is 261 g/mol. The number of nitrogens with one attached hydrogen (secondary N) is 1. The minimum atomic E-state index is -0.524. The van der Waals surface area contributed by atoms with Crippen LogP contribution in [-0.4, -0.2) is 24.4 Å². The van der Waals surface area contributed by atoms with Gasteiger partial charge in [-0.3, -0.25) is 14.9 Å². The number of hydrogen-bond donors (Lipinski definition) is 2. The molecule has 3 N–H and O–H groups in total. The first-order valence-corrected chi connectivity index (χ1v) is 6.60. The van der Waals surface area contributed by atoms with E-state index in [1.807, 2.05) is 6.92 Å². The average molecular weight is 279 g/mol. The molecule has 1 heterocycles. The van der Waals surface area contributed by atoms with Crippen LogP contribution in [0.15, 0.2) is 18.2 Å². The predicted octanol–water partition coefficient (Wildman–Crippen LogP) is 1.09. The van der Waals surface area contributed by atoms with Gasteiger partial charge in [-0.05, 0) is 25.5 Å². The lowest BCUT2D eigenvalue weighted by atomic mass is 10.0. The number of carbonyl (C=O) groups is 2. The molecule has 1 fully saturated rings. The van der Waals surface area contributed by atoms with Crippen molar-refractivity contribution in [3.8, 4) is 0 Å². The normalized spacial score (nSPS) is 20.8. The smallest absolute Gasteiger partial charge is 0.249 e. The van der Waals surface area contributed by atoms with Gasteiger partial charge < -0.3 is 10.6 Å². The first kappa shape index (κ1) is 14.5. The van der Waals surface area contributed by atoms with Gasteiger partial charge in [0, 0.05) is 17.3 Å². The molecule has 2 atom stereocenters. The fraction of sp³-hybridized carbons (Fsp3) is 0.429. The summed E-state index contributed by atoms with van der Waals surface area (Å²) in [5.41, 5.74) is 6.66. The topological polar surface area (TPSA) is 75.4 Å². The van der Waals surface area contributed by atoms with Gasteiger partial charge in [0.25, 0.3) is 0 Å². The molecule has 108 valence electrons. The van der Waals surface area contributed by atoms with Gasteiger partial charge in [-0.1, -0.05) is 13.0 Å². The van der Waals surface area contributed by atoms with Crippen molar-refractivity contribution in [2.45, 2.75) is 32.4 Å². The van der Waals surface area contributed by atoms with Crippen molar-refractivity contribution in [2.24, 2.45) is 5.73 Å². The van der Waals surface area contributed by atoms with Gasteiger partial charge in [-0.2, -0.15) is 0 Å². The molecule has 1 aromatic rings. The second-order valence-corrected chi connectivity index (χ2v) is 4.93. The third kappa shape index (κ3) is 2.51. The first-order chi connectivity index (χ1) is 9.45. The van der Waals surface area contributed by atoms with Crippen LogP contribution in [0.1, 0.15) is 31.9 Å². The fourth-order valence-electron chi connectivity index (χ4n) is 2.55. The summed E-state index contributed by atoms with van der Waals surface area (Å²) in [5, 5.41) is 2.30. The van der Waals surface area contributed by atoms with Crippen molar-refractivity contribution in [1.82, 2.24) is 5.32 Å². The van der Waals surface area contributed by atoms with E-state index < -0.39 is 17.9 Å². The third-order valence-corrected chi connectivity index (χ3v) is 3.44. The lowest BCUT2D eigenvalue weighted by molar-refractivity contribution is -0.132. The lowest BCUT2D eigenvalue weighted by Crippen LogP contribution is -2.58. The minimum absolute atomic E-state index is 0.0212. The summed E-state index contributed by atoms with van der Waals surface area (Å²) >= 11 is 0. The molecule has 0 aliphatic carbocycles. The van der Waals surface area contributed by atoms with Gasteiger partial charge >= 0.3 is 0 Å². The van der Waals surface area contributed by atoms with Crippen LogP contribution in [0.25, 0.3) is 0 Å². The second-order valence-electron chi connectivity index (χ2n) is 4.93. The van der Waals surface area contributed by atoms with Crippen molar-refractivity contribution in [3.05, 3.63) is 29.6 Å². The summed E-state index contributed by atoms with van der Waals surface area (Å²) in [7, 11) is 0. The molecule has 0 aromatic heterocycles. The van der Waals surface area contributed by atoms with Crippen molar-refractivity contribution in [2.75, 3.05) is 11.4 Å². The van der Waals surface area contributed by atoms with Crippen LogP contribution >= 0.6 is 0 Å². The van der Waals surface area contributed by atoms with Gasteiger partial charge in [-0.15, -0.1) is 0 Å². The number of carbonyl (C=O) groups excluding carboxylic acids is 2. The molecule has 1 saturated heterocycles. The molecule has 2 amide bonds. The molecule has 0 spiro atoms. The average Bonchev–Trinajstić information content (AvgIpc) is 2.37. The molecule has 0 radical (unpaired) electrons. The van der Waals surface area contributed by atoms with Gasteiger partial charge in [-0.25, -0.2) is 4.39 Å². The van der Waals surface area contributed by atoms with E-state index in [0.717, 1.165) is 0 Å². The molecule has 20 heavy (non-hydrogen) atoms. The monoisotopic (exact) mass is 279 g/mol. The largest absolute Gasteiger partial charge is 0.350 e. The van der Waals surface area contributed by atoms with Gasteiger partial charge in [0.15, 0.2) is 0 Å². The van der Waals surface area contributed by atoms with E-state index in [0.29, 0.717) is 17.7 Å². The maximum atomic E-state index is 14.0. The van der Waals surface area contributed by atoms with Crippen LogP contribution in [0.4, 0.5) is 10.1 Å². The summed E-state index contributed by atoms with van der Waals surface area (Å²) in [6.07, 6.45) is 0.522. The number of anilines is 1. The fourth-order valence-corrected chi connectivity index (χ4v) is 2.55. The maximum absolute atomic E-state index is 14.0.